The molecule has 1 saturated carbocycles. The van der Waals surface area contributed by atoms with E-state index in [0.29, 0.717) is 48.0 Å². The van der Waals surface area contributed by atoms with Gasteiger partial charge in [-0.3, -0.25) is 14.5 Å². The summed E-state index contributed by atoms with van der Waals surface area (Å²) < 4.78 is 26.3. The Bertz CT molecular complexity index is 1140. The molecule has 0 aromatic heterocycles. The second-order valence-corrected chi connectivity index (χ2v) is 9.38. The first kappa shape index (κ1) is 24.1. The molecule has 1 N–H and O–H groups in total. The van der Waals surface area contributed by atoms with Crippen molar-refractivity contribution in [2.75, 3.05) is 25.0 Å². The molecule has 178 valence electrons. The largest absolute Gasteiger partial charge is 0.337 e. The Hall–Kier alpha value is -3.02. The van der Waals surface area contributed by atoms with Gasteiger partial charge in [-0.1, -0.05) is 29.8 Å². The van der Waals surface area contributed by atoms with Crippen molar-refractivity contribution < 1.29 is 18.4 Å². The fraction of sp³-hybridized carbons (Fsp3) is 0.400. The molecule has 2 aromatic rings. The minimum absolute atomic E-state index is 0.0930. The maximum absolute atomic E-state index is 13.2. The molecular formula is C25H25ClF2N4O2. The van der Waals surface area contributed by atoms with E-state index < -0.39 is 11.8 Å². The highest BCUT2D eigenvalue weighted by molar-refractivity contribution is 6.34. The molecule has 1 aliphatic carbocycles. The van der Waals surface area contributed by atoms with Gasteiger partial charge in [-0.05, 0) is 36.8 Å². The van der Waals surface area contributed by atoms with Crippen LogP contribution in [0.2, 0.25) is 5.02 Å². The molecule has 1 aliphatic heterocycles. The Balaban J connectivity index is 1.37. The van der Waals surface area contributed by atoms with Gasteiger partial charge in [0.05, 0.1) is 22.3 Å². The van der Waals surface area contributed by atoms with Crippen LogP contribution in [0, 0.1) is 17.2 Å². The molecule has 2 amide bonds. The lowest BCUT2D eigenvalue weighted by Gasteiger charge is -2.44. The number of anilines is 1. The number of hydrogen-bond donors (Lipinski definition) is 1. The third-order valence-corrected chi connectivity index (χ3v) is 6.86. The third kappa shape index (κ3) is 5.21. The van der Waals surface area contributed by atoms with Crippen LogP contribution in [0.1, 0.15) is 41.3 Å². The third-order valence-electron chi connectivity index (χ3n) is 6.41. The summed E-state index contributed by atoms with van der Waals surface area (Å²) in [6, 6.07) is 13.7. The number of alkyl halides is 2. The molecule has 2 fully saturated rings. The standard InChI is InChI=1S/C25H25ClF2N4O2/c1-16-14-31(8-9-32(16)24(34)20-11-25(27,28)12-20)15-19-6-3-7-21(22(19)26)30-23(33)18-5-2-4-17(10-18)13-29/h2-7,10,16,20H,8-9,11-12,14-15H2,1H3,(H,30,33). The van der Waals surface area contributed by atoms with E-state index in [1.165, 1.54) is 6.07 Å². The van der Waals surface area contributed by atoms with Gasteiger partial charge >= 0.3 is 0 Å². The van der Waals surface area contributed by atoms with Crippen molar-refractivity contribution in [1.29, 1.82) is 5.26 Å². The van der Waals surface area contributed by atoms with Crippen molar-refractivity contribution in [1.82, 2.24) is 9.80 Å². The van der Waals surface area contributed by atoms with Crippen LogP contribution in [-0.4, -0.2) is 53.2 Å². The lowest BCUT2D eigenvalue weighted by atomic mass is 9.80. The van der Waals surface area contributed by atoms with Crippen molar-refractivity contribution in [2.45, 2.75) is 38.3 Å². The van der Waals surface area contributed by atoms with E-state index in [-0.39, 0.29) is 30.7 Å². The van der Waals surface area contributed by atoms with E-state index in [4.69, 9.17) is 16.9 Å². The van der Waals surface area contributed by atoms with Crippen LogP contribution in [0.25, 0.3) is 0 Å². The average molecular weight is 487 g/mol. The molecule has 9 heteroatoms. The monoisotopic (exact) mass is 486 g/mol. The molecule has 0 bridgehead atoms. The number of halogens is 3. The smallest absolute Gasteiger partial charge is 0.255 e. The number of nitriles is 1. The predicted octanol–water partition coefficient (Wildman–Crippen LogP) is 4.54. The second-order valence-electron chi connectivity index (χ2n) is 9.00. The molecule has 2 aromatic carbocycles. The fourth-order valence-electron chi connectivity index (χ4n) is 4.54. The van der Waals surface area contributed by atoms with Crippen molar-refractivity contribution in [3.05, 3.63) is 64.2 Å². The number of piperazine rings is 1. The van der Waals surface area contributed by atoms with E-state index >= 15 is 0 Å². The molecular weight excluding hydrogens is 462 g/mol. The number of hydrogen-bond acceptors (Lipinski definition) is 4. The van der Waals surface area contributed by atoms with Gasteiger partial charge in [-0.15, -0.1) is 0 Å². The minimum Gasteiger partial charge on any atom is -0.337 e. The van der Waals surface area contributed by atoms with Gasteiger partial charge in [0.25, 0.3) is 5.91 Å². The zero-order chi connectivity index (χ0) is 24.5. The first-order valence-electron chi connectivity index (χ1n) is 11.2. The number of rotatable bonds is 5. The molecule has 1 heterocycles. The molecule has 2 aliphatic rings. The van der Waals surface area contributed by atoms with Crippen molar-refractivity contribution >= 4 is 29.1 Å². The molecule has 0 spiro atoms. The molecule has 0 radical (unpaired) electrons. The zero-order valence-electron chi connectivity index (χ0n) is 18.7. The SMILES string of the molecule is CC1CN(Cc2cccc(NC(=O)c3cccc(C#N)c3)c2Cl)CCN1C(=O)C1CC(F)(F)C1. The summed E-state index contributed by atoms with van der Waals surface area (Å²) in [4.78, 5) is 29.1. The van der Waals surface area contributed by atoms with Crippen LogP contribution < -0.4 is 5.32 Å². The van der Waals surface area contributed by atoms with Gasteiger partial charge < -0.3 is 10.2 Å². The Morgan fingerprint density at radius 2 is 1.94 bits per heavy atom. The molecule has 6 nitrogen and oxygen atoms in total. The first-order chi connectivity index (χ1) is 16.2. The van der Waals surface area contributed by atoms with Crippen molar-refractivity contribution in [2.24, 2.45) is 5.92 Å². The fourth-order valence-corrected chi connectivity index (χ4v) is 4.77. The number of carbonyl (C=O) groups excluding carboxylic acids is 2. The van der Waals surface area contributed by atoms with Crippen molar-refractivity contribution in [3.8, 4) is 6.07 Å². The molecule has 1 atom stereocenters. The quantitative estimate of drug-likeness (QED) is 0.673. The number of carbonyl (C=O) groups is 2. The Labute approximate surface area is 202 Å². The predicted molar refractivity (Wildman–Crippen MR) is 125 cm³/mol. The number of amides is 2. The summed E-state index contributed by atoms with van der Waals surface area (Å²) in [5, 5.41) is 12.3. The maximum atomic E-state index is 13.2. The highest BCUT2D eigenvalue weighted by Gasteiger charge is 2.50. The zero-order valence-corrected chi connectivity index (χ0v) is 19.5. The van der Waals surface area contributed by atoms with E-state index in [0.717, 1.165) is 5.56 Å². The van der Waals surface area contributed by atoms with Crippen LogP contribution in [0.4, 0.5) is 14.5 Å². The van der Waals surface area contributed by atoms with Gasteiger partial charge in [-0.25, -0.2) is 8.78 Å². The summed E-state index contributed by atoms with van der Waals surface area (Å²) in [6.45, 7) is 4.13. The molecule has 1 unspecified atom stereocenters. The normalized spacial score (nSPS) is 20.3. The summed E-state index contributed by atoms with van der Waals surface area (Å²) in [7, 11) is 0. The average Bonchev–Trinajstić information content (AvgIpc) is 2.79. The first-order valence-corrected chi connectivity index (χ1v) is 11.5. The van der Waals surface area contributed by atoms with Crippen LogP contribution in [0.15, 0.2) is 42.5 Å². The van der Waals surface area contributed by atoms with E-state index in [1.807, 2.05) is 25.1 Å². The van der Waals surface area contributed by atoms with Crippen LogP contribution in [0.3, 0.4) is 0 Å². The highest BCUT2D eigenvalue weighted by atomic mass is 35.5. The Morgan fingerprint density at radius 3 is 2.62 bits per heavy atom. The highest BCUT2D eigenvalue weighted by Crippen LogP contribution is 2.43. The van der Waals surface area contributed by atoms with Gasteiger partial charge in [0, 0.05) is 56.5 Å². The molecule has 1 saturated heterocycles. The van der Waals surface area contributed by atoms with E-state index in [2.05, 4.69) is 10.2 Å². The molecule has 4 rings (SSSR count). The van der Waals surface area contributed by atoms with Crippen LogP contribution in [0.5, 0.6) is 0 Å². The lowest BCUT2D eigenvalue weighted by molar-refractivity contribution is -0.163. The van der Waals surface area contributed by atoms with Crippen LogP contribution in [-0.2, 0) is 11.3 Å². The van der Waals surface area contributed by atoms with Gasteiger partial charge in [0.1, 0.15) is 0 Å². The summed E-state index contributed by atoms with van der Waals surface area (Å²) >= 11 is 6.60. The molecule has 34 heavy (non-hydrogen) atoms. The van der Waals surface area contributed by atoms with Gasteiger partial charge in [0.15, 0.2) is 0 Å². The van der Waals surface area contributed by atoms with E-state index in [9.17, 15) is 18.4 Å². The van der Waals surface area contributed by atoms with Gasteiger partial charge in [-0.2, -0.15) is 5.26 Å². The number of nitrogens with one attached hydrogen (secondary N) is 1. The minimum atomic E-state index is -2.71. The van der Waals surface area contributed by atoms with E-state index in [1.54, 1.807) is 29.2 Å². The van der Waals surface area contributed by atoms with Gasteiger partial charge in [0.2, 0.25) is 11.8 Å². The number of benzene rings is 2. The Kier molecular flexibility index (Phi) is 6.87. The summed E-state index contributed by atoms with van der Waals surface area (Å²) in [5.74, 6) is -3.83. The van der Waals surface area contributed by atoms with Crippen molar-refractivity contribution in [3.63, 3.8) is 0 Å². The number of nitrogens with zero attached hydrogens (tertiary/aromatic N) is 3. The maximum Gasteiger partial charge on any atom is 0.255 e. The summed E-state index contributed by atoms with van der Waals surface area (Å²) in [5.41, 5.74) is 2.06. The lowest BCUT2D eigenvalue weighted by Crippen LogP contribution is -2.57. The second kappa shape index (κ2) is 9.69. The van der Waals surface area contributed by atoms with Crippen LogP contribution >= 0.6 is 11.6 Å². The Morgan fingerprint density at radius 1 is 1.21 bits per heavy atom. The summed E-state index contributed by atoms with van der Waals surface area (Å²) in [6.07, 6.45) is -0.707. The topological polar surface area (TPSA) is 76.4 Å².